The minimum absolute atomic E-state index is 0.771. The molecule has 1 aromatic rings. The Morgan fingerprint density at radius 3 is 2.46 bits per heavy atom. The van der Waals surface area contributed by atoms with Crippen molar-refractivity contribution in [1.29, 1.82) is 0 Å². The van der Waals surface area contributed by atoms with Gasteiger partial charge < -0.3 is 5.11 Å². The van der Waals surface area contributed by atoms with Crippen molar-refractivity contribution >= 4 is 23.2 Å². The molecule has 1 atom stereocenters. The molecule has 0 fully saturated rings. The van der Waals surface area contributed by atoms with E-state index in [2.05, 4.69) is 0 Å². The lowest BCUT2D eigenvalue weighted by Crippen LogP contribution is -2.08. The molecule has 72 valence electrons. The number of aliphatic hydroxyl groups is 1. The summed E-state index contributed by atoms with van der Waals surface area (Å²) < 4.78 is 0. The molecule has 0 heterocycles. The molecule has 0 amide bonds. The van der Waals surface area contributed by atoms with Gasteiger partial charge in [0.2, 0.25) is 0 Å². The predicted octanol–water partition coefficient (Wildman–Crippen LogP) is 3.09. The summed E-state index contributed by atoms with van der Waals surface area (Å²) in [4.78, 5) is -0.771. The van der Waals surface area contributed by atoms with Crippen LogP contribution in [0.1, 0.15) is 24.2 Å². The number of aryl methyl sites for hydroxylation is 1. The first-order valence-electron chi connectivity index (χ1n) is 4.20. The maximum atomic E-state index is 9.65. The topological polar surface area (TPSA) is 20.2 Å². The van der Waals surface area contributed by atoms with Crippen molar-refractivity contribution in [3.8, 4) is 0 Å². The maximum absolute atomic E-state index is 9.65. The fourth-order valence-corrected chi connectivity index (χ4v) is 1.55. The van der Waals surface area contributed by atoms with E-state index in [-0.39, 0.29) is 0 Å². The summed E-state index contributed by atoms with van der Waals surface area (Å²) in [5.41, 5.74) is 1.90. The Morgan fingerprint density at radius 2 is 1.92 bits per heavy atom. The predicted molar refractivity (Wildman–Crippen MR) is 56.3 cm³/mol. The lowest BCUT2D eigenvalue weighted by Gasteiger charge is -2.15. The number of hydrogen-bond donors (Lipinski definition) is 1. The summed E-state index contributed by atoms with van der Waals surface area (Å²) in [5.74, 6) is 0. The van der Waals surface area contributed by atoms with E-state index in [1.54, 1.807) is 0 Å². The van der Waals surface area contributed by atoms with Gasteiger partial charge in [-0.15, -0.1) is 23.2 Å². The largest absolute Gasteiger partial charge is 0.386 e. The number of hydrogen-bond acceptors (Lipinski definition) is 1. The Bertz CT molecular complexity index is 273. The molecule has 0 bridgehead atoms. The van der Waals surface area contributed by atoms with Crippen LogP contribution in [0.4, 0.5) is 0 Å². The van der Waals surface area contributed by atoms with Gasteiger partial charge in [0, 0.05) is 0 Å². The Labute approximate surface area is 88.3 Å². The van der Waals surface area contributed by atoms with Crippen LogP contribution in [0, 0.1) is 0 Å². The Hall–Kier alpha value is -0.240. The van der Waals surface area contributed by atoms with Crippen molar-refractivity contribution in [2.45, 2.75) is 24.3 Å². The minimum atomic E-state index is -0.792. The van der Waals surface area contributed by atoms with Crippen LogP contribution < -0.4 is 0 Å². The summed E-state index contributed by atoms with van der Waals surface area (Å²) in [7, 11) is 0. The van der Waals surface area contributed by atoms with Gasteiger partial charge in [0.1, 0.15) is 10.9 Å². The monoisotopic (exact) mass is 218 g/mol. The third-order valence-corrected chi connectivity index (χ3v) is 2.47. The average molecular weight is 219 g/mol. The first-order chi connectivity index (χ1) is 6.16. The van der Waals surface area contributed by atoms with Gasteiger partial charge in [-0.3, -0.25) is 0 Å². The fourth-order valence-electron chi connectivity index (χ4n) is 1.28. The molecule has 1 rings (SSSR count). The van der Waals surface area contributed by atoms with Crippen LogP contribution in [0.25, 0.3) is 0 Å². The number of halogens is 2. The average Bonchev–Trinajstić information content (AvgIpc) is 2.16. The third-order valence-electron chi connectivity index (χ3n) is 1.99. The molecule has 0 spiro atoms. The van der Waals surface area contributed by atoms with Crippen molar-refractivity contribution in [2.24, 2.45) is 0 Å². The molecule has 1 aromatic carbocycles. The Kier molecular flexibility index (Phi) is 4.04. The molecule has 13 heavy (non-hydrogen) atoms. The van der Waals surface area contributed by atoms with Crippen LogP contribution in [0.2, 0.25) is 0 Å². The van der Waals surface area contributed by atoms with Crippen LogP contribution in [0.5, 0.6) is 0 Å². The van der Waals surface area contributed by atoms with Gasteiger partial charge >= 0.3 is 0 Å². The molecule has 0 saturated heterocycles. The molecular weight excluding hydrogens is 207 g/mol. The molecule has 0 aliphatic heterocycles. The highest BCUT2D eigenvalue weighted by molar-refractivity contribution is 6.44. The molecule has 1 nitrogen and oxygen atoms in total. The number of rotatable bonds is 3. The summed E-state index contributed by atoms with van der Waals surface area (Å²) >= 11 is 11.2. The lowest BCUT2D eigenvalue weighted by atomic mass is 10.0. The van der Waals surface area contributed by atoms with Gasteiger partial charge in [-0.2, -0.15) is 0 Å². The van der Waals surface area contributed by atoms with Crippen molar-refractivity contribution in [2.75, 3.05) is 0 Å². The summed E-state index contributed by atoms with van der Waals surface area (Å²) in [5, 5.41) is 9.65. The van der Waals surface area contributed by atoms with Crippen LogP contribution in [0.15, 0.2) is 24.3 Å². The van der Waals surface area contributed by atoms with E-state index < -0.39 is 10.9 Å². The molecule has 3 heteroatoms. The van der Waals surface area contributed by atoms with E-state index in [4.69, 9.17) is 23.2 Å². The first-order valence-corrected chi connectivity index (χ1v) is 5.08. The molecular formula is C10H12Cl2O. The molecule has 0 radical (unpaired) electrons. The van der Waals surface area contributed by atoms with Crippen molar-refractivity contribution in [1.82, 2.24) is 0 Å². The van der Waals surface area contributed by atoms with Crippen LogP contribution in [-0.2, 0) is 6.42 Å². The van der Waals surface area contributed by atoms with E-state index >= 15 is 0 Å². The van der Waals surface area contributed by atoms with Gasteiger partial charge in [0.15, 0.2) is 0 Å². The Morgan fingerprint density at radius 1 is 1.31 bits per heavy atom. The van der Waals surface area contributed by atoms with E-state index in [0.717, 1.165) is 17.5 Å². The van der Waals surface area contributed by atoms with Crippen LogP contribution in [-0.4, -0.2) is 9.94 Å². The summed E-state index contributed by atoms with van der Waals surface area (Å²) in [6.07, 6.45) is 0.0766. The molecule has 0 aromatic heterocycles. The number of benzene rings is 1. The van der Waals surface area contributed by atoms with Crippen LogP contribution >= 0.6 is 23.2 Å². The Balaban J connectivity index is 2.98. The quantitative estimate of drug-likeness (QED) is 0.774. The SMILES string of the molecule is CCc1ccccc1C(O)C(Cl)Cl. The molecule has 0 aliphatic rings. The highest BCUT2D eigenvalue weighted by Crippen LogP contribution is 2.26. The zero-order valence-electron chi connectivity index (χ0n) is 7.37. The molecule has 0 aliphatic carbocycles. The zero-order valence-corrected chi connectivity index (χ0v) is 8.89. The lowest BCUT2D eigenvalue weighted by molar-refractivity contribution is 0.192. The van der Waals surface area contributed by atoms with Crippen molar-refractivity contribution in [3.05, 3.63) is 35.4 Å². The van der Waals surface area contributed by atoms with Gasteiger partial charge in [-0.1, -0.05) is 31.2 Å². The number of aliphatic hydroxyl groups excluding tert-OH is 1. The number of alkyl halides is 2. The van der Waals surface area contributed by atoms with E-state index in [1.807, 2.05) is 31.2 Å². The summed E-state index contributed by atoms with van der Waals surface area (Å²) in [6, 6.07) is 7.62. The summed E-state index contributed by atoms with van der Waals surface area (Å²) in [6.45, 7) is 2.03. The molecule has 1 unspecified atom stereocenters. The molecule has 1 N–H and O–H groups in total. The van der Waals surface area contributed by atoms with Crippen molar-refractivity contribution < 1.29 is 5.11 Å². The minimum Gasteiger partial charge on any atom is -0.386 e. The van der Waals surface area contributed by atoms with E-state index in [1.165, 1.54) is 0 Å². The second kappa shape index (κ2) is 4.85. The zero-order chi connectivity index (χ0) is 9.84. The highest BCUT2D eigenvalue weighted by Gasteiger charge is 2.17. The molecule has 0 saturated carbocycles. The maximum Gasteiger partial charge on any atom is 0.137 e. The van der Waals surface area contributed by atoms with Gasteiger partial charge in [0.25, 0.3) is 0 Å². The standard InChI is InChI=1S/C10H12Cl2O/c1-2-7-5-3-4-6-8(7)9(13)10(11)12/h3-6,9-10,13H,2H2,1H3. The second-order valence-electron chi connectivity index (χ2n) is 2.83. The van der Waals surface area contributed by atoms with E-state index in [0.29, 0.717) is 0 Å². The van der Waals surface area contributed by atoms with Gasteiger partial charge in [-0.05, 0) is 17.5 Å². The third kappa shape index (κ3) is 2.60. The highest BCUT2D eigenvalue weighted by atomic mass is 35.5. The smallest absolute Gasteiger partial charge is 0.137 e. The van der Waals surface area contributed by atoms with Crippen LogP contribution in [0.3, 0.4) is 0 Å². The van der Waals surface area contributed by atoms with Gasteiger partial charge in [0.05, 0.1) is 0 Å². The first kappa shape index (κ1) is 10.8. The van der Waals surface area contributed by atoms with E-state index in [9.17, 15) is 5.11 Å². The fraction of sp³-hybridized carbons (Fsp3) is 0.400. The van der Waals surface area contributed by atoms with Gasteiger partial charge in [-0.25, -0.2) is 0 Å². The second-order valence-corrected chi connectivity index (χ2v) is 4.00. The normalized spacial score (nSPS) is 13.3. The van der Waals surface area contributed by atoms with Crippen molar-refractivity contribution in [3.63, 3.8) is 0 Å².